The summed E-state index contributed by atoms with van der Waals surface area (Å²) in [5, 5.41) is 16.4. The number of benzene rings is 2. The molecule has 156 valence electrons. The quantitative estimate of drug-likeness (QED) is 0.309. The molecule has 1 aromatic heterocycles. The topological polar surface area (TPSA) is 98.9 Å². The fraction of sp³-hybridized carbons (Fsp3) is 0.238. The summed E-state index contributed by atoms with van der Waals surface area (Å²) in [5.41, 5.74) is 6.12. The first kappa shape index (κ1) is 21.3. The number of ether oxygens (including phenoxy) is 2. The molecule has 3 rings (SSSR count). The summed E-state index contributed by atoms with van der Waals surface area (Å²) in [7, 11) is 1.44. The third-order valence-electron chi connectivity index (χ3n) is 4.38. The molecule has 0 atom stereocenters. The second kappa shape index (κ2) is 9.36. The molecule has 1 heterocycles. The molecule has 30 heavy (non-hydrogen) atoms. The third kappa shape index (κ3) is 5.12. The van der Waals surface area contributed by atoms with Crippen LogP contribution >= 0.6 is 11.3 Å². The van der Waals surface area contributed by atoms with Crippen molar-refractivity contribution >= 4 is 28.4 Å². The maximum Gasteiger partial charge on any atom is 0.315 e. The molecule has 0 fully saturated rings. The standard InChI is InChI=1S/C21H22N4O4S/c1-13-5-7-16(8-6-13)12-29-20-18(25(26)27)9-17(10-19(20)28-4)11-22-24-21-23-14(2)15(3)30-21/h5-11H,12H2,1-4H3,(H,23,24)/b22-11-. The lowest BCUT2D eigenvalue weighted by atomic mass is 10.1. The number of anilines is 1. The van der Waals surface area contributed by atoms with Crippen LogP contribution < -0.4 is 14.9 Å². The Hall–Kier alpha value is -3.46. The van der Waals surface area contributed by atoms with Gasteiger partial charge in [-0.15, -0.1) is 11.3 Å². The van der Waals surface area contributed by atoms with E-state index < -0.39 is 4.92 Å². The first-order valence-corrected chi connectivity index (χ1v) is 9.97. The van der Waals surface area contributed by atoms with Crippen molar-refractivity contribution in [2.75, 3.05) is 12.5 Å². The summed E-state index contributed by atoms with van der Waals surface area (Å²) in [6.07, 6.45) is 1.48. The lowest BCUT2D eigenvalue weighted by Gasteiger charge is -2.12. The number of aryl methyl sites for hydroxylation is 3. The van der Waals surface area contributed by atoms with Crippen molar-refractivity contribution in [1.82, 2.24) is 4.98 Å². The number of hydrazone groups is 1. The Kier molecular flexibility index (Phi) is 6.63. The van der Waals surface area contributed by atoms with Gasteiger partial charge in [0, 0.05) is 16.5 Å². The molecule has 0 aliphatic rings. The molecule has 8 nitrogen and oxygen atoms in total. The van der Waals surface area contributed by atoms with Crippen LogP contribution in [-0.4, -0.2) is 23.2 Å². The van der Waals surface area contributed by atoms with Gasteiger partial charge in [0.2, 0.25) is 10.9 Å². The zero-order chi connectivity index (χ0) is 21.7. The summed E-state index contributed by atoms with van der Waals surface area (Å²) in [5.74, 6) is 0.345. The van der Waals surface area contributed by atoms with Crippen LogP contribution in [0.4, 0.5) is 10.8 Å². The van der Waals surface area contributed by atoms with Crippen molar-refractivity contribution in [1.29, 1.82) is 0 Å². The minimum absolute atomic E-state index is 0.0827. The molecule has 0 amide bonds. The van der Waals surface area contributed by atoms with Crippen LogP contribution in [0.15, 0.2) is 41.5 Å². The van der Waals surface area contributed by atoms with Gasteiger partial charge in [0.15, 0.2) is 5.75 Å². The predicted octanol–water partition coefficient (Wildman–Crippen LogP) is 5.01. The monoisotopic (exact) mass is 426 g/mol. The van der Waals surface area contributed by atoms with Crippen molar-refractivity contribution in [3.05, 3.63) is 73.8 Å². The van der Waals surface area contributed by atoms with Gasteiger partial charge in [-0.05, 0) is 32.4 Å². The molecule has 0 unspecified atom stereocenters. The van der Waals surface area contributed by atoms with Gasteiger partial charge in [-0.1, -0.05) is 29.8 Å². The average Bonchev–Trinajstić information content (AvgIpc) is 3.04. The van der Waals surface area contributed by atoms with E-state index in [-0.39, 0.29) is 23.8 Å². The molecule has 1 N–H and O–H groups in total. The highest BCUT2D eigenvalue weighted by Crippen LogP contribution is 2.38. The number of nitro groups is 1. The summed E-state index contributed by atoms with van der Waals surface area (Å²) in [6, 6.07) is 10.8. The van der Waals surface area contributed by atoms with Crippen molar-refractivity contribution in [2.45, 2.75) is 27.4 Å². The molecular weight excluding hydrogens is 404 g/mol. The maximum atomic E-state index is 11.6. The number of rotatable bonds is 8. The Balaban J connectivity index is 1.82. The fourth-order valence-electron chi connectivity index (χ4n) is 2.64. The first-order valence-electron chi connectivity index (χ1n) is 9.15. The number of nitrogens with zero attached hydrogens (tertiary/aromatic N) is 3. The second-order valence-electron chi connectivity index (χ2n) is 6.63. The van der Waals surface area contributed by atoms with Gasteiger partial charge in [0.05, 0.1) is 23.9 Å². The van der Waals surface area contributed by atoms with Crippen LogP contribution in [0.5, 0.6) is 11.5 Å². The minimum Gasteiger partial charge on any atom is -0.493 e. The number of hydrogen-bond acceptors (Lipinski definition) is 8. The number of hydrogen-bond donors (Lipinski definition) is 1. The SMILES string of the molecule is COc1cc(/C=N\Nc2nc(C)c(C)s2)cc([N+](=O)[O-])c1OCc1ccc(C)cc1. The second-order valence-corrected chi connectivity index (χ2v) is 7.84. The minimum atomic E-state index is -0.495. The van der Waals surface area contributed by atoms with E-state index in [0.29, 0.717) is 10.7 Å². The van der Waals surface area contributed by atoms with Crippen LogP contribution in [0.2, 0.25) is 0 Å². The first-order chi connectivity index (χ1) is 14.4. The summed E-state index contributed by atoms with van der Waals surface area (Å²) in [6.45, 7) is 6.08. The Labute approximate surface area is 178 Å². The molecule has 0 bridgehead atoms. The van der Waals surface area contributed by atoms with E-state index in [2.05, 4.69) is 15.5 Å². The van der Waals surface area contributed by atoms with E-state index in [9.17, 15) is 10.1 Å². The molecule has 0 aliphatic carbocycles. The predicted molar refractivity (Wildman–Crippen MR) is 118 cm³/mol. The Morgan fingerprint density at radius 1 is 1.23 bits per heavy atom. The third-order valence-corrected chi connectivity index (χ3v) is 5.36. The number of nitrogens with one attached hydrogen (secondary N) is 1. The normalized spacial score (nSPS) is 10.9. The molecular formula is C21H22N4O4S. The van der Waals surface area contributed by atoms with E-state index in [1.807, 2.05) is 45.0 Å². The van der Waals surface area contributed by atoms with E-state index in [4.69, 9.17) is 9.47 Å². The van der Waals surface area contributed by atoms with E-state index >= 15 is 0 Å². The van der Waals surface area contributed by atoms with Gasteiger partial charge >= 0.3 is 5.69 Å². The largest absolute Gasteiger partial charge is 0.493 e. The highest BCUT2D eigenvalue weighted by atomic mass is 32.1. The maximum absolute atomic E-state index is 11.6. The molecule has 0 spiro atoms. The summed E-state index contributed by atoms with van der Waals surface area (Å²) < 4.78 is 11.1. The molecule has 0 aliphatic heterocycles. The zero-order valence-electron chi connectivity index (χ0n) is 17.1. The number of thiazole rings is 1. The molecule has 9 heteroatoms. The number of aromatic nitrogens is 1. The van der Waals surface area contributed by atoms with Crippen LogP contribution in [0.25, 0.3) is 0 Å². The molecule has 2 aromatic carbocycles. The van der Waals surface area contributed by atoms with E-state index in [1.165, 1.54) is 30.7 Å². The van der Waals surface area contributed by atoms with Crippen molar-refractivity contribution < 1.29 is 14.4 Å². The van der Waals surface area contributed by atoms with Gasteiger partial charge in [-0.2, -0.15) is 5.10 Å². The average molecular weight is 426 g/mol. The van der Waals surface area contributed by atoms with Crippen LogP contribution in [0, 0.1) is 30.9 Å². The number of methoxy groups -OCH3 is 1. The lowest BCUT2D eigenvalue weighted by molar-refractivity contribution is -0.386. The highest BCUT2D eigenvalue weighted by molar-refractivity contribution is 7.15. The summed E-state index contributed by atoms with van der Waals surface area (Å²) in [4.78, 5) is 16.6. The fourth-order valence-corrected chi connectivity index (χ4v) is 3.40. The van der Waals surface area contributed by atoms with Crippen molar-refractivity contribution in [3.8, 4) is 11.5 Å². The molecule has 0 saturated carbocycles. The van der Waals surface area contributed by atoms with Crippen LogP contribution in [0.3, 0.4) is 0 Å². The molecule has 3 aromatic rings. The lowest BCUT2D eigenvalue weighted by Crippen LogP contribution is -2.03. The van der Waals surface area contributed by atoms with Crippen molar-refractivity contribution in [3.63, 3.8) is 0 Å². The molecule has 0 saturated heterocycles. The van der Waals surface area contributed by atoms with Crippen LogP contribution in [-0.2, 0) is 6.61 Å². The van der Waals surface area contributed by atoms with Crippen molar-refractivity contribution in [2.24, 2.45) is 5.10 Å². The van der Waals surface area contributed by atoms with Crippen LogP contribution in [0.1, 0.15) is 27.3 Å². The van der Waals surface area contributed by atoms with Gasteiger partial charge in [0.1, 0.15) is 6.61 Å². The molecule has 0 radical (unpaired) electrons. The smallest absolute Gasteiger partial charge is 0.315 e. The van der Waals surface area contributed by atoms with Gasteiger partial charge in [-0.3, -0.25) is 15.5 Å². The zero-order valence-corrected chi connectivity index (χ0v) is 17.9. The van der Waals surface area contributed by atoms with Gasteiger partial charge in [0.25, 0.3) is 0 Å². The highest BCUT2D eigenvalue weighted by Gasteiger charge is 2.22. The Morgan fingerprint density at radius 2 is 1.97 bits per heavy atom. The van der Waals surface area contributed by atoms with E-state index in [0.717, 1.165) is 21.7 Å². The Bertz CT molecular complexity index is 1060. The Morgan fingerprint density at radius 3 is 2.57 bits per heavy atom. The van der Waals surface area contributed by atoms with E-state index in [1.54, 1.807) is 6.07 Å². The van der Waals surface area contributed by atoms with Gasteiger partial charge < -0.3 is 9.47 Å². The number of nitro benzene ring substituents is 1. The van der Waals surface area contributed by atoms with Gasteiger partial charge in [-0.25, -0.2) is 4.98 Å². The summed E-state index contributed by atoms with van der Waals surface area (Å²) >= 11 is 1.48.